The average Bonchev–Trinajstić information content (AvgIpc) is 2.61. The van der Waals surface area contributed by atoms with Gasteiger partial charge in [-0.25, -0.2) is 9.48 Å². The highest BCUT2D eigenvalue weighted by atomic mass is 16.5. The predicted octanol–water partition coefficient (Wildman–Crippen LogP) is 0.705. The number of fused-ring (bicyclic) bond motifs is 1. The van der Waals surface area contributed by atoms with Crippen LogP contribution in [-0.2, 0) is 23.0 Å². The van der Waals surface area contributed by atoms with Gasteiger partial charge < -0.3 is 10.1 Å². The van der Waals surface area contributed by atoms with Crippen molar-refractivity contribution in [3.63, 3.8) is 0 Å². The number of hydrogen-bond acceptors (Lipinski definition) is 6. The Morgan fingerprint density at radius 1 is 1.20 bits per heavy atom. The molecule has 1 aromatic heterocycles. The summed E-state index contributed by atoms with van der Waals surface area (Å²) in [5.74, 6) is -1.20. The number of amides is 1. The number of esters is 1. The molecule has 0 radical (unpaired) electrons. The molecule has 128 valence electrons. The van der Waals surface area contributed by atoms with Gasteiger partial charge in [0.15, 0.2) is 18.1 Å². The van der Waals surface area contributed by atoms with Crippen molar-refractivity contribution in [1.29, 1.82) is 0 Å². The van der Waals surface area contributed by atoms with Crippen LogP contribution in [0.5, 0.6) is 0 Å². The molecule has 0 saturated carbocycles. The maximum absolute atomic E-state index is 12.2. The fraction of sp³-hybridized carbons (Fsp3) is 0.235. The molecule has 8 nitrogen and oxygen atoms in total. The van der Waals surface area contributed by atoms with Crippen molar-refractivity contribution in [3.05, 3.63) is 57.5 Å². The van der Waals surface area contributed by atoms with Crippen LogP contribution < -0.4 is 10.9 Å². The molecule has 0 fully saturated rings. The van der Waals surface area contributed by atoms with E-state index in [0.717, 1.165) is 10.2 Å². The molecule has 3 rings (SSSR count). The Kier molecular flexibility index (Phi) is 4.42. The molecule has 1 aliphatic rings. The lowest BCUT2D eigenvalue weighted by Gasteiger charge is -2.17. The molecule has 1 aromatic carbocycles. The third-order valence-electron chi connectivity index (χ3n) is 3.83. The lowest BCUT2D eigenvalue weighted by Crippen LogP contribution is -2.23. The van der Waals surface area contributed by atoms with Gasteiger partial charge >= 0.3 is 5.97 Å². The van der Waals surface area contributed by atoms with Gasteiger partial charge in [0.25, 0.3) is 5.56 Å². The number of ether oxygens (including phenoxy) is 1. The van der Waals surface area contributed by atoms with Crippen molar-refractivity contribution in [2.45, 2.75) is 12.8 Å². The minimum atomic E-state index is -0.783. The lowest BCUT2D eigenvalue weighted by atomic mass is 9.99. The van der Waals surface area contributed by atoms with Crippen LogP contribution in [0.1, 0.15) is 32.8 Å². The Balaban J connectivity index is 1.66. The summed E-state index contributed by atoms with van der Waals surface area (Å²) in [5.41, 5.74) is 1.56. The summed E-state index contributed by atoms with van der Waals surface area (Å²) in [6.45, 7) is -0.436. The van der Waals surface area contributed by atoms with Crippen LogP contribution in [0, 0.1) is 0 Å². The van der Waals surface area contributed by atoms with Crippen molar-refractivity contribution in [1.82, 2.24) is 9.78 Å². The Morgan fingerprint density at radius 2 is 2.00 bits per heavy atom. The number of benzene rings is 1. The van der Waals surface area contributed by atoms with Gasteiger partial charge in [-0.05, 0) is 36.2 Å². The van der Waals surface area contributed by atoms with Crippen molar-refractivity contribution < 1.29 is 19.1 Å². The molecule has 0 saturated heterocycles. The number of carbonyl (C=O) groups is 3. The van der Waals surface area contributed by atoms with Crippen molar-refractivity contribution in [3.8, 4) is 0 Å². The fourth-order valence-corrected chi connectivity index (χ4v) is 2.46. The predicted molar refractivity (Wildman–Crippen MR) is 87.5 cm³/mol. The van der Waals surface area contributed by atoms with E-state index in [1.54, 1.807) is 18.2 Å². The SMILES string of the molecule is Cn1nc(C(=O)OCC(=O)c2ccc3c(c2)CCC(=O)N3)ccc1=O. The van der Waals surface area contributed by atoms with Crippen molar-refractivity contribution in [2.24, 2.45) is 7.05 Å². The zero-order valence-electron chi connectivity index (χ0n) is 13.4. The van der Waals surface area contributed by atoms with Crippen LogP contribution in [0.15, 0.2) is 35.1 Å². The van der Waals surface area contributed by atoms with Gasteiger partial charge in [-0.2, -0.15) is 5.10 Å². The number of nitrogens with zero attached hydrogens (tertiary/aromatic N) is 2. The van der Waals surface area contributed by atoms with E-state index in [4.69, 9.17) is 4.74 Å². The van der Waals surface area contributed by atoms with E-state index in [0.29, 0.717) is 24.1 Å². The zero-order valence-corrected chi connectivity index (χ0v) is 13.4. The number of aromatic nitrogens is 2. The van der Waals surface area contributed by atoms with Gasteiger partial charge in [-0.15, -0.1) is 0 Å². The second-order valence-electron chi connectivity index (χ2n) is 5.60. The van der Waals surface area contributed by atoms with Crippen LogP contribution in [0.4, 0.5) is 5.69 Å². The van der Waals surface area contributed by atoms with E-state index in [1.807, 2.05) is 0 Å². The van der Waals surface area contributed by atoms with Crippen molar-refractivity contribution in [2.75, 3.05) is 11.9 Å². The lowest BCUT2D eigenvalue weighted by molar-refractivity contribution is -0.116. The van der Waals surface area contributed by atoms with E-state index in [1.165, 1.54) is 19.2 Å². The number of Topliss-reactive ketones (excluding diaryl/α,β-unsaturated/α-hetero) is 1. The summed E-state index contributed by atoms with van der Waals surface area (Å²) >= 11 is 0. The smallest absolute Gasteiger partial charge is 0.359 e. The maximum atomic E-state index is 12.2. The van der Waals surface area contributed by atoms with E-state index in [2.05, 4.69) is 10.4 Å². The Labute approximate surface area is 142 Å². The first-order chi connectivity index (χ1) is 11.9. The number of carbonyl (C=O) groups excluding carboxylic acids is 3. The molecule has 0 aliphatic carbocycles. The highest BCUT2D eigenvalue weighted by Gasteiger charge is 2.18. The molecule has 8 heteroatoms. The maximum Gasteiger partial charge on any atom is 0.359 e. The van der Waals surface area contributed by atoms with Gasteiger partial charge in [0.05, 0.1) is 0 Å². The molecule has 1 amide bonds. The normalized spacial score (nSPS) is 12.9. The molecule has 1 aliphatic heterocycles. The summed E-state index contributed by atoms with van der Waals surface area (Å²) in [6, 6.07) is 7.37. The number of rotatable bonds is 4. The zero-order chi connectivity index (χ0) is 18.0. The van der Waals surface area contributed by atoms with Crippen LogP contribution >= 0.6 is 0 Å². The first kappa shape index (κ1) is 16.6. The average molecular weight is 341 g/mol. The summed E-state index contributed by atoms with van der Waals surface area (Å²) in [6.07, 6.45) is 0.933. The first-order valence-corrected chi connectivity index (χ1v) is 7.61. The third-order valence-corrected chi connectivity index (χ3v) is 3.83. The molecule has 0 unspecified atom stereocenters. The fourth-order valence-electron chi connectivity index (χ4n) is 2.46. The molecule has 25 heavy (non-hydrogen) atoms. The number of ketones is 1. The summed E-state index contributed by atoms with van der Waals surface area (Å²) < 4.78 is 5.97. The Hall–Kier alpha value is -3.29. The van der Waals surface area contributed by atoms with Gasteiger partial charge in [-0.1, -0.05) is 0 Å². The van der Waals surface area contributed by atoms with Gasteiger partial charge in [0.2, 0.25) is 5.91 Å². The minimum absolute atomic E-state index is 0.0507. The van der Waals surface area contributed by atoms with Gasteiger partial charge in [-0.3, -0.25) is 14.4 Å². The molecule has 0 spiro atoms. The molecular weight excluding hydrogens is 326 g/mol. The highest BCUT2D eigenvalue weighted by Crippen LogP contribution is 2.23. The second-order valence-corrected chi connectivity index (χ2v) is 5.60. The minimum Gasteiger partial charge on any atom is -0.453 e. The van der Waals surface area contributed by atoms with Crippen LogP contribution in [0.25, 0.3) is 0 Å². The van der Waals surface area contributed by atoms with Crippen LogP contribution in [-0.4, -0.2) is 34.0 Å². The van der Waals surface area contributed by atoms with Gasteiger partial charge in [0.1, 0.15) is 0 Å². The number of aryl methyl sites for hydroxylation is 2. The summed E-state index contributed by atoms with van der Waals surface area (Å²) in [4.78, 5) is 46.7. The third kappa shape index (κ3) is 3.63. The summed E-state index contributed by atoms with van der Waals surface area (Å²) in [7, 11) is 1.41. The van der Waals surface area contributed by atoms with E-state index < -0.39 is 12.6 Å². The molecule has 2 heterocycles. The topological polar surface area (TPSA) is 107 Å². The summed E-state index contributed by atoms with van der Waals surface area (Å²) in [5, 5.41) is 6.50. The second kappa shape index (κ2) is 6.68. The molecule has 0 bridgehead atoms. The molecule has 0 atom stereocenters. The Morgan fingerprint density at radius 3 is 2.76 bits per heavy atom. The molecular formula is C17H15N3O5. The molecule has 1 N–H and O–H groups in total. The Bertz CT molecular complexity index is 932. The quantitative estimate of drug-likeness (QED) is 0.648. The van der Waals surface area contributed by atoms with Crippen LogP contribution in [0.2, 0.25) is 0 Å². The largest absolute Gasteiger partial charge is 0.453 e. The van der Waals surface area contributed by atoms with Gasteiger partial charge in [0, 0.05) is 30.8 Å². The van der Waals surface area contributed by atoms with E-state index >= 15 is 0 Å². The number of nitrogens with one attached hydrogen (secondary N) is 1. The first-order valence-electron chi connectivity index (χ1n) is 7.61. The monoisotopic (exact) mass is 341 g/mol. The van der Waals surface area contributed by atoms with Crippen molar-refractivity contribution >= 4 is 23.3 Å². The van der Waals surface area contributed by atoms with E-state index in [-0.39, 0.29) is 22.9 Å². The van der Waals surface area contributed by atoms with E-state index in [9.17, 15) is 19.2 Å². The number of hydrogen-bond donors (Lipinski definition) is 1. The number of anilines is 1. The molecule has 2 aromatic rings. The highest BCUT2D eigenvalue weighted by molar-refractivity contribution is 6.00. The van der Waals surface area contributed by atoms with Crippen LogP contribution in [0.3, 0.4) is 0 Å². The standard InChI is InChI=1S/C17H15N3O5/c1-20-16(23)7-5-13(19-20)17(24)25-9-14(21)11-2-4-12-10(8-11)3-6-15(22)18-12/h2,4-5,7-8H,3,6,9H2,1H3,(H,18,22).